The van der Waals surface area contributed by atoms with Gasteiger partial charge in [-0.25, -0.2) is 9.07 Å². The van der Waals surface area contributed by atoms with E-state index in [1.54, 1.807) is 13.0 Å². The van der Waals surface area contributed by atoms with Gasteiger partial charge in [0.05, 0.1) is 17.7 Å². The molecule has 7 nitrogen and oxygen atoms in total. The number of carbonyl (C=O) groups excluding carboxylic acids is 1. The van der Waals surface area contributed by atoms with E-state index in [1.807, 2.05) is 0 Å². The quantitative estimate of drug-likeness (QED) is 0.890. The maximum atomic E-state index is 13.2. The van der Waals surface area contributed by atoms with E-state index in [-0.39, 0.29) is 13.1 Å². The predicted molar refractivity (Wildman–Crippen MR) is 89.8 cm³/mol. The highest BCUT2D eigenvalue weighted by atomic mass is 19.1. The van der Waals surface area contributed by atoms with Crippen LogP contribution in [0.2, 0.25) is 0 Å². The number of hydrogen-bond donors (Lipinski definition) is 1. The Bertz CT molecular complexity index is 894. The predicted octanol–water partition coefficient (Wildman–Crippen LogP) is 1.37. The first-order chi connectivity index (χ1) is 12.4. The lowest BCUT2D eigenvalue weighted by Crippen LogP contribution is -2.38. The van der Waals surface area contributed by atoms with Gasteiger partial charge in [-0.15, -0.1) is 0 Å². The summed E-state index contributed by atoms with van der Waals surface area (Å²) in [5.41, 5.74) is 0.739. The van der Waals surface area contributed by atoms with Gasteiger partial charge in [-0.05, 0) is 37.1 Å². The molecule has 136 valence electrons. The van der Waals surface area contributed by atoms with Gasteiger partial charge in [0.15, 0.2) is 0 Å². The van der Waals surface area contributed by atoms with Crippen LogP contribution >= 0.6 is 0 Å². The molecular formula is C18H18FN3O4. The summed E-state index contributed by atoms with van der Waals surface area (Å²) in [5.74, 6) is -2.64. The minimum atomic E-state index is -1.01. The molecule has 0 bridgehead atoms. The largest absolute Gasteiger partial charge is 0.481 e. The van der Waals surface area contributed by atoms with Crippen LogP contribution in [0.5, 0.6) is 0 Å². The van der Waals surface area contributed by atoms with E-state index < -0.39 is 35.2 Å². The summed E-state index contributed by atoms with van der Waals surface area (Å²) in [6, 6.07) is 7.62. The number of likely N-dealkylation sites (tertiary alicyclic amines) is 1. The van der Waals surface area contributed by atoms with Crippen molar-refractivity contribution in [2.75, 3.05) is 6.54 Å². The van der Waals surface area contributed by atoms with Crippen molar-refractivity contribution in [3.05, 3.63) is 63.8 Å². The summed E-state index contributed by atoms with van der Waals surface area (Å²) < 4.78 is 14.3. The number of nitrogens with zero attached hydrogens (tertiary/aromatic N) is 3. The number of carbonyl (C=O) groups is 2. The van der Waals surface area contributed by atoms with Gasteiger partial charge < -0.3 is 10.0 Å². The van der Waals surface area contributed by atoms with E-state index >= 15 is 0 Å². The van der Waals surface area contributed by atoms with E-state index in [9.17, 15) is 23.9 Å². The molecule has 1 N–H and O–H groups in total. The zero-order valence-electron chi connectivity index (χ0n) is 14.1. The Morgan fingerprint density at radius 3 is 2.58 bits per heavy atom. The second kappa shape index (κ2) is 7.07. The highest BCUT2D eigenvalue weighted by Gasteiger charge is 2.42. The van der Waals surface area contributed by atoms with Crippen molar-refractivity contribution in [3.63, 3.8) is 0 Å². The van der Waals surface area contributed by atoms with Crippen molar-refractivity contribution < 1.29 is 19.1 Å². The van der Waals surface area contributed by atoms with Crippen LogP contribution in [-0.2, 0) is 16.1 Å². The molecule has 1 aromatic carbocycles. The first kappa shape index (κ1) is 17.8. The summed E-state index contributed by atoms with van der Waals surface area (Å²) in [4.78, 5) is 37.7. The molecule has 0 radical (unpaired) electrons. The van der Waals surface area contributed by atoms with E-state index in [0.717, 1.165) is 4.68 Å². The minimum Gasteiger partial charge on any atom is -0.481 e. The van der Waals surface area contributed by atoms with E-state index in [2.05, 4.69) is 5.10 Å². The van der Waals surface area contributed by atoms with Crippen LogP contribution in [0.15, 0.2) is 41.2 Å². The van der Waals surface area contributed by atoms with Gasteiger partial charge in [0.1, 0.15) is 12.4 Å². The third kappa shape index (κ3) is 3.49. The number of benzene rings is 1. The lowest BCUT2D eigenvalue weighted by Gasteiger charge is -2.27. The minimum absolute atomic E-state index is 0.248. The summed E-state index contributed by atoms with van der Waals surface area (Å²) in [6.45, 7) is 1.68. The molecule has 1 amide bonds. The molecule has 2 heterocycles. The second-order valence-corrected chi connectivity index (χ2v) is 6.29. The van der Waals surface area contributed by atoms with Crippen molar-refractivity contribution in [2.24, 2.45) is 5.92 Å². The maximum absolute atomic E-state index is 13.2. The summed E-state index contributed by atoms with van der Waals surface area (Å²) in [7, 11) is 0. The van der Waals surface area contributed by atoms with Gasteiger partial charge in [-0.1, -0.05) is 12.1 Å². The molecule has 0 aliphatic carbocycles. The molecular weight excluding hydrogens is 341 g/mol. The molecule has 0 unspecified atom stereocenters. The van der Waals surface area contributed by atoms with Gasteiger partial charge in [0.2, 0.25) is 5.91 Å². The van der Waals surface area contributed by atoms with Crippen molar-refractivity contribution in [1.29, 1.82) is 0 Å². The van der Waals surface area contributed by atoms with Gasteiger partial charge in [-0.3, -0.25) is 14.4 Å². The number of rotatable bonds is 4. The second-order valence-electron chi connectivity index (χ2n) is 6.29. The highest BCUT2D eigenvalue weighted by molar-refractivity contribution is 5.79. The smallest absolute Gasteiger partial charge is 0.309 e. The third-order valence-electron chi connectivity index (χ3n) is 4.53. The van der Waals surface area contributed by atoms with Gasteiger partial charge >= 0.3 is 5.97 Å². The zero-order chi connectivity index (χ0) is 18.8. The molecule has 2 aromatic rings. The fraction of sp³-hybridized carbons (Fsp3) is 0.333. The number of aromatic nitrogens is 2. The Morgan fingerprint density at radius 2 is 1.92 bits per heavy atom. The number of amides is 1. The number of carboxylic acids is 1. The lowest BCUT2D eigenvalue weighted by atomic mass is 9.93. The van der Waals surface area contributed by atoms with Gasteiger partial charge in [0, 0.05) is 12.6 Å². The van der Waals surface area contributed by atoms with Crippen LogP contribution in [-0.4, -0.2) is 38.2 Å². The lowest BCUT2D eigenvalue weighted by molar-refractivity contribution is -0.143. The summed E-state index contributed by atoms with van der Waals surface area (Å²) in [6.07, 6.45) is 0.291. The maximum Gasteiger partial charge on any atom is 0.309 e. The van der Waals surface area contributed by atoms with Crippen LogP contribution < -0.4 is 5.56 Å². The SMILES string of the molecule is Cc1ccc(=O)n(CC(=O)N2CC[C@@H](C(=O)O)[C@H]2c2ccc(F)cc2)n1. The first-order valence-corrected chi connectivity index (χ1v) is 8.19. The molecule has 0 spiro atoms. The molecule has 1 saturated heterocycles. The van der Waals surface area contributed by atoms with Gasteiger partial charge in [0.25, 0.3) is 5.56 Å². The van der Waals surface area contributed by atoms with Crippen molar-refractivity contribution in [3.8, 4) is 0 Å². The van der Waals surface area contributed by atoms with Crippen LogP contribution in [0, 0.1) is 18.7 Å². The number of carboxylic acid groups (broad SMARTS) is 1. The van der Waals surface area contributed by atoms with E-state index in [1.165, 1.54) is 35.2 Å². The molecule has 26 heavy (non-hydrogen) atoms. The highest BCUT2D eigenvalue weighted by Crippen LogP contribution is 2.37. The van der Waals surface area contributed by atoms with Crippen molar-refractivity contribution in [1.82, 2.24) is 14.7 Å². The Hall–Kier alpha value is -3.03. The molecule has 8 heteroatoms. The number of aryl methyl sites for hydroxylation is 1. The molecule has 1 aromatic heterocycles. The van der Waals surface area contributed by atoms with E-state index in [0.29, 0.717) is 17.7 Å². The van der Waals surface area contributed by atoms with Crippen LogP contribution in [0.3, 0.4) is 0 Å². The average molecular weight is 359 g/mol. The van der Waals surface area contributed by atoms with Crippen molar-refractivity contribution in [2.45, 2.75) is 25.9 Å². The standard InChI is InChI=1S/C18H18FN3O4/c1-11-2-7-15(23)22(20-11)10-16(24)21-9-8-14(18(25)26)17(21)12-3-5-13(19)6-4-12/h2-7,14,17H,8-10H2,1H3,(H,25,26)/t14-,17-/m1/s1. The molecule has 1 aliphatic rings. The fourth-order valence-electron chi connectivity index (χ4n) is 3.29. The van der Waals surface area contributed by atoms with Crippen LogP contribution in [0.25, 0.3) is 0 Å². The zero-order valence-corrected chi connectivity index (χ0v) is 14.1. The van der Waals surface area contributed by atoms with Gasteiger partial charge in [-0.2, -0.15) is 5.10 Å². The summed E-state index contributed by atoms with van der Waals surface area (Å²) >= 11 is 0. The molecule has 3 rings (SSSR count). The Kier molecular flexibility index (Phi) is 4.83. The molecule has 2 atom stereocenters. The van der Waals surface area contributed by atoms with Crippen LogP contribution in [0.1, 0.15) is 23.7 Å². The molecule has 0 saturated carbocycles. The molecule has 1 fully saturated rings. The Labute approximate surface area is 148 Å². The number of hydrogen-bond acceptors (Lipinski definition) is 4. The fourth-order valence-corrected chi connectivity index (χ4v) is 3.29. The monoisotopic (exact) mass is 359 g/mol. The van der Waals surface area contributed by atoms with E-state index in [4.69, 9.17) is 0 Å². The van der Waals surface area contributed by atoms with Crippen molar-refractivity contribution >= 4 is 11.9 Å². The topological polar surface area (TPSA) is 92.5 Å². The Morgan fingerprint density at radius 1 is 1.23 bits per heavy atom. The normalized spacial score (nSPS) is 19.5. The first-order valence-electron chi connectivity index (χ1n) is 8.19. The average Bonchev–Trinajstić information content (AvgIpc) is 3.04. The number of aliphatic carboxylic acids is 1. The summed E-state index contributed by atoms with van der Waals surface area (Å²) in [5, 5.41) is 13.5. The third-order valence-corrected chi connectivity index (χ3v) is 4.53. The molecule has 1 aliphatic heterocycles. The number of halogens is 1. The van der Waals surface area contributed by atoms with Crippen LogP contribution in [0.4, 0.5) is 4.39 Å². The Balaban J connectivity index is 1.90.